The zero-order valence-corrected chi connectivity index (χ0v) is 12.5. The highest BCUT2D eigenvalue weighted by atomic mass is 19.1. The van der Waals surface area contributed by atoms with Gasteiger partial charge in [-0.2, -0.15) is 0 Å². The lowest BCUT2D eigenvalue weighted by molar-refractivity contribution is 0.195. The number of hydrogen-bond acceptors (Lipinski definition) is 2. The van der Waals surface area contributed by atoms with E-state index in [4.69, 9.17) is 4.74 Å². The molecule has 2 rings (SSSR count). The lowest BCUT2D eigenvalue weighted by atomic mass is 10.1. The highest BCUT2D eigenvalue weighted by molar-refractivity contribution is 5.40. The first-order valence-corrected chi connectivity index (χ1v) is 7.34. The van der Waals surface area contributed by atoms with Crippen LogP contribution in [0.3, 0.4) is 0 Å². The molecule has 2 nitrogen and oxygen atoms in total. The predicted molar refractivity (Wildman–Crippen MR) is 82.2 cm³/mol. The van der Waals surface area contributed by atoms with Crippen molar-refractivity contribution >= 4 is 0 Å². The summed E-state index contributed by atoms with van der Waals surface area (Å²) in [5.41, 5.74) is 1.73. The molecule has 0 saturated carbocycles. The van der Waals surface area contributed by atoms with Crippen LogP contribution in [0.15, 0.2) is 42.5 Å². The van der Waals surface area contributed by atoms with E-state index in [0.29, 0.717) is 17.1 Å². The molecular weight excluding hydrogens is 267 g/mol. The van der Waals surface area contributed by atoms with Gasteiger partial charge in [-0.15, -0.1) is 0 Å². The summed E-state index contributed by atoms with van der Waals surface area (Å²) >= 11 is 0. The number of halogens is 1. The molecule has 0 heterocycles. The standard InChI is InChI=1S/C18H21FO2/c1-3-4-5-14-6-9-16(10-7-14)21-18-11-8-15(19)12-17(18)13(2)20/h6-13,20H,3-5H2,1-2H3. The normalized spacial score (nSPS) is 12.2. The van der Waals surface area contributed by atoms with Crippen LogP contribution in [0.1, 0.15) is 43.9 Å². The van der Waals surface area contributed by atoms with Gasteiger partial charge in [0.15, 0.2) is 0 Å². The maximum Gasteiger partial charge on any atom is 0.133 e. The molecule has 0 radical (unpaired) electrons. The molecule has 0 bridgehead atoms. The van der Waals surface area contributed by atoms with Crippen LogP contribution in [-0.4, -0.2) is 5.11 Å². The summed E-state index contributed by atoms with van der Waals surface area (Å²) in [4.78, 5) is 0. The summed E-state index contributed by atoms with van der Waals surface area (Å²) in [7, 11) is 0. The van der Waals surface area contributed by atoms with E-state index in [-0.39, 0.29) is 5.82 Å². The van der Waals surface area contributed by atoms with Crippen LogP contribution < -0.4 is 4.74 Å². The van der Waals surface area contributed by atoms with Crippen molar-refractivity contribution in [3.05, 3.63) is 59.4 Å². The van der Waals surface area contributed by atoms with E-state index in [0.717, 1.165) is 6.42 Å². The van der Waals surface area contributed by atoms with Gasteiger partial charge in [0, 0.05) is 5.56 Å². The van der Waals surface area contributed by atoms with Crippen molar-refractivity contribution in [2.75, 3.05) is 0 Å². The minimum absolute atomic E-state index is 0.381. The molecule has 1 atom stereocenters. The number of aliphatic hydroxyl groups is 1. The topological polar surface area (TPSA) is 29.5 Å². The smallest absolute Gasteiger partial charge is 0.133 e. The molecule has 0 fully saturated rings. The van der Waals surface area contributed by atoms with Gasteiger partial charge >= 0.3 is 0 Å². The lowest BCUT2D eigenvalue weighted by Crippen LogP contribution is -1.97. The number of hydrogen-bond donors (Lipinski definition) is 1. The summed E-state index contributed by atoms with van der Waals surface area (Å²) in [5.74, 6) is 0.782. The number of rotatable bonds is 6. The minimum atomic E-state index is -0.778. The molecule has 0 saturated heterocycles. The number of aryl methyl sites for hydroxylation is 1. The van der Waals surface area contributed by atoms with E-state index in [9.17, 15) is 9.50 Å². The highest BCUT2D eigenvalue weighted by Gasteiger charge is 2.11. The maximum absolute atomic E-state index is 13.3. The Kier molecular flexibility index (Phi) is 5.34. The molecule has 2 aromatic rings. The van der Waals surface area contributed by atoms with Crippen molar-refractivity contribution < 1.29 is 14.2 Å². The van der Waals surface area contributed by atoms with E-state index in [1.807, 2.05) is 24.3 Å². The van der Waals surface area contributed by atoms with Crippen LogP contribution in [0.2, 0.25) is 0 Å². The SMILES string of the molecule is CCCCc1ccc(Oc2ccc(F)cc2C(C)O)cc1. The van der Waals surface area contributed by atoms with E-state index in [1.54, 1.807) is 13.0 Å². The van der Waals surface area contributed by atoms with Crippen LogP contribution in [0.4, 0.5) is 4.39 Å². The van der Waals surface area contributed by atoms with Crippen molar-refractivity contribution in [3.8, 4) is 11.5 Å². The molecule has 112 valence electrons. The largest absolute Gasteiger partial charge is 0.457 e. The molecule has 3 heteroatoms. The van der Waals surface area contributed by atoms with Gasteiger partial charge in [0.2, 0.25) is 0 Å². The second-order valence-corrected chi connectivity index (χ2v) is 5.21. The average Bonchev–Trinajstić information content (AvgIpc) is 2.48. The Morgan fingerprint density at radius 2 is 1.86 bits per heavy atom. The predicted octanol–water partition coefficient (Wildman–Crippen LogP) is 5.01. The first-order chi connectivity index (χ1) is 10.1. The molecule has 0 spiro atoms. The Labute approximate surface area is 125 Å². The van der Waals surface area contributed by atoms with E-state index in [2.05, 4.69) is 6.92 Å². The summed E-state index contributed by atoms with van der Waals surface area (Å²) in [6.45, 7) is 3.76. The molecule has 0 aliphatic carbocycles. The first kappa shape index (κ1) is 15.5. The van der Waals surface area contributed by atoms with Crippen molar-refractivity contribution in [1.29, 1.82) is 0 Å². The second-order valence-electron chi connectivity index (χ2n) is 5.21. The van der Waals surface area contributed by atoms with Crippen LogP contribution in [0.25, 0.3) is 0 Å². The Morgan fingerprint density at radius 1 is 1.14 bits per heavy atom. The van der Waals surface area contributed by atoms with Crippen molar-refractivity contribution in [2.45, 2.75) is 39.2 Å². The zero-order valence-electron chi connectivity index (χ0n) is 12.5. The third kappa shape index (κ3) is 4.30. The van der Waals surface area contributed by atoms with Crippen LogP contribution >= 0.6 is 0 Å². The fraction of sp³-hybridized carbons (Fsp3) is 0.333. The van der Waals surface area contributed by atoms with Gasteiger partial charge in [0.1, 0.15) is 17.3 Å². The quantitative estimate of drug-likeness (QED) is 0.809. The van der Waals surface area contributed by atoms with Crippen LogP contribution in [-0.2, 0) is 6.42 Å². The monoisotopic (exact) mass is 288 g/mol. The van der Waals surface area contributed by atoms with Crippen molar-refractivity contribution in [1.82, 2.24) is 0 Å². The third-order valence-electron chi connectivity index (χ3n) is 3.39. The Hall–Kier alpha value is -1.87. The van der Waals surface area contributed by atoms with Gasteiger partial charge in [-0.1, -0.05) is 25.5 Å². The maximum atomic E-state index is 13.3. The van der Waals surface area contributed by atoms with Gasteiger partial charge < -0.3 is 9.84 Å². The summed E-state index contributed by atoms with van der Waals surface area (Å²) in [5, 5.41) is 9.70. The number of unbranched alkanes of at least 4 members (excludes halogenated alkanes) is 1. The fourth-order valence-corrected chi connectivity index (χ4v) is 2.17. The zero-order chi connectivity index (χ0) is 15.2. The van der Waals surface area contributed by atoms with Gasteiger partial charge in [-0.05, 0) is 55.7 Å². The fourth-order valence-electron chi connectivity index (χ4n) is 2.17. The molecule has 0 aliphatic rings. The number of benzene rings is 2. The molecular formula is C18H21FO2. The van der Waals surface area contributed by atoms with Gasteiger partial charge in [0.05, 0.1) is 6.10 Å². The average molecular weight is 288 g/mol. The minimum Gasteiger partial charge on any atom is -0.457 e. The van der Waals surface area contributed by atoms with Crippen LogP contribution in [0, 0.1) is 5.82 Å². The van der Waals surface area contributed by atoms with E-state index in [1.165, 1.54) is 30.5 Å². The Morgan fingerprint density at radius 3 is 2.48 bits per heavy atom. The van der Waals surface area contributed by atoms with Gasteiger partial charge in [-0.25, -0.2) is 4.39 Å². The Bertz CT molecular complexity index is 576. The second kappa shape index (κ2) is 7.23. The summed E-state index contributed by atoms with van der Waals surface area (Å²) in [6, 6.07) is 12.1. The van der Waals surface area contributed by atoms with Gasteiger partial charge in [-0.3, -0.25) is 0 Å². The van der Waals surface area contributed by atoms with Crippen molar-refractivity contribution in [3.63, 3.8) is 0 Å². The van der Waals surface area contributed by atoms with Crippen molar-refractivity contribution in [2.24, 2.45) is 0 Å². The summed E-state index contributed by atoms with van der Waals surface area (Å²) < 4.78 is 19.0. The highest BCUT2D eigenvalue weighted by Crippen LogP contribution is 2.30. The Balaban J connectivity index is 2.14. The molecule has 0 aliphatic heterocycles. The number of ether oxygens (including phenoxy) is 1. The van der Waals surface area contributed by atoms with Gasteiger partial charge in [0.25, 0.3) is 0 Å². The molecule has 21 heavy (non-hydrogen) atoms. The lowest BCUT2D eigenvalue weighted by Gasteiger charge is -2.13. The third-order valence-corrected chi connectivity index (χ3v) is 3.39. The first-order valence-electron chi connectivity index (χ1n) is 7.34. The molecule has 2 aromatic carbocycles. The summed E-state index contributed by atoms with van der Waals surface area (Å²) in [6.07, 6.45) is 2.63. The molecule has 1 N–H and O–H groups in total. The van der Waals surface area contributed by atoms with Crippen LogP contribution in [0.5, 0.6) is 11.5 Å². The number of aliphatic hydroxyl groups excluding tert-OH is 1. The molecule has 0 aromatic heterocycles. The van der Waals surface area contributed by atoms with E-state index >= 15 is 0 Å². The molecule has 0 amide bonds. The molecule has 1 unspecified atom stereocenters. The van der Waals surface area contributed by atoms with E-state index < -0.39 is 6.10 Å².